The van der Waals surface area contributed by atoms with E-state index in [1.807, 2.05) is 49.5 Å². The van der Waals surface area contributed by atoms with Gasteiger partial charge < -0.3 is 134 Å². The van der Waals surface area contributed by atoms with Gasteiger partial charge in [-0.05, 0) is 244 Å². The van der Waals surface area contributed by atoms with Gasteiger partial charge in [-0.3, -0.25) is 38.4 Å². The van der Waals surface area contributed by atoms with E-state index in [1.165, 1.54) is 64.7 Å². The van der Waals surface area contributed by atoms with Crippen LogP contribution in [0.1, 0.15) is 194 Å². The summed E-state index contributed by atoms with van der Waals surface area (Å²) in [6.45, 7) is 25.8. The maximum Gasteiger partial charge on any atom is 0.407 e. The molecule has 149 heavy (non-hydrogen) atoms. The minimum atomic E-state index is -1.05. The van der Waals surface area contributed by atoms with Crippen LogP contribution in [0.15, 0.2) is 142 Å². The first-order chi connectivity index (χ1) is 72.6. The third-order valence-corrected chi connectivity index (χ3v) is 25.7. The number of alkyl carbamates (subject to hydrolysis) is 1. The number of rotatable bonds is 90. The number of carboxylic acids is 1. The molecule has 0 bridgehead atoms. The van der Waals surface area contributed by atoms with Crippen LogP contribution in [0.25, 0.3) is 11.1 Å². The lowest BCUT2D eigenvalue weighted by atomic mass is 9.92. The van der Waals surface area contributed by atoms with Crippen molar-refractivity contribution in [2.45, 2.75) is 213 Å². The lowest BCUT2D eigenvalue weighted by molar-refractivity contribution is -0.142. The first-order valence-electron chi connectivity index (χ1n) is 53.8. The van der Waals surface area contributed by atoms with E-state index in [0.717, 1.165) is 73.1 Å². The molecule has 6 atom stereocenters. The first kappa shape index (κ1) is 128. The second-order valence-electron chi connectivity index (χ2n) is 37.3. The molecule has 4 aliphatic rings. The highest BCUT2D eigenvalue weighted by molar-refractivity contribution is 5.90. The van der Waals surface area contributed by atoms with Crippen molar-refractivity contribution in [2.24, 2.45) is 11.8 Å². The van der Waals surface area contributed by atoms with Crippen LogP contribution in [0.2, 0.25) is 0 Å². The van der Waals surface area contributed by atoms with Crippen molar-refractivity contribution >= 4 is 53.3 Å². The standard InChI is InChI=1S/C111H177N11O27/c1-84-22-21-23-91(37-32-85(84)2)113-47-19-15-29-100(119-105(125)43-53-134-59-65-140-71-73-144-69-63-138-57-51-117-111(132)148-82-98-96-26-11-9-24-94(96)95-25-10-12-27-97(95)98)108(128)116-50-56-137-62-68-143-72-70-139-64-58-133-52-42-104(124)118-99(28-14-18-48-115-93-40-35-88(5)90(7)89(6)36-41-93)103(123)83-147-79-78-145-75-74-141-66-60-135-54-44-106(126)120-101(30-13-17-46-112-8)109(129)122-149-81-80-146-77-76-142-67-61-136-55-45-107(127)121-102(110(130)131)31-16-20-49-114-92-38-33-86(3)87(4)34-39-92/h9-12,21-27,32,35-37,40-41,86-87,92,98-102,112-115H,13-20,28-31,33-34,38-39,42-83H2,1-8H3,(H,116,128)(H,117,132)(H,118,124)(H,119,125)(H,120,126)(H,121,127)(H,122,129)(H,130,131)/b22-21?,23-21-,37-32?,40-35-,41-36?,84-22-,85-32-,85-84?,88-35?,89-36-,90-88-,90-89?,91-23?,91-37+,93-40?,93-41+. The number of unbranched alkanes of at least 4 members (excludes halogenated alkanes) is 4. The molecule has 0 aromatic heterocycles. The highest BCUT2D eigenvalue weighted by Gasteiger charge is 2.31. The average molecular weight is 2100 g/mol. The van der Waals surface area contributed by atoms with Crippen molar-refractivity contribution in [1.82, 2.24) is 58.6 Å². The molecule has 0 radical (unpaired) electrons. The van der Waals surface area contributed by atoms with Gasteiger partial charge in [-0.25, -0.2) is 15.1 Å². The molecule has 1 fully saturated rings. The number of amides is 7. The number of carboxylic acid groups (broad SMARTS) is 1. The van der Waals surface area contributed by atoms with Gasteiger partial charge in [0.1, 0.15) is 31.3 Å². The number of hydrogen-bond donors (Lipinski definition) is 12. The van der Waals surface area contributed by atoms with Gasteiger partial charge in [-0.2, -0.15) is 0 Å². The Balaban J connectivity index is 0.750. The number of carbonyl (C=O) groups is 9. The molecular weight excluding hydrogens is 1920 g/mol. The Hall–Kier alpha value is -9.53. The monoisotopic (exact) mass is 2100 g/mol. The van der Waals surface area contributed by atoms with Crippen LogP contribution >= 0.6 is 0 Å². The van der Waals surface area contributed by atoms with E-state index >= 15 is 0 Å². The van der Waals surface area contributed by atoms with Crippen molar-refractivity contribution < 1.29 is 129 Å². The normalized spacial score (nSPS) is 18.6. The predicted molar refractivity (Wildman–Crippen MR) is 569 cm³/mol. The lowest BCUT2D eigenvalue weighted by Crippen LogP contribution is -2.47. The lowest BCUT2D eigenvalue weighted by Gasteiger charge is -2.19. The summed E-state index contributed by atoms with van der Waals surface area (Å²) in [6.07, 6.45) is 30.4. The van der Waals surface area contributed by atoms with E-state index in [0.29, 0.717) is 137 Å². The number of carbonyl (C=O) groups excluding carboxylic acids is 8. The second kappa shape index (κ2) is 83.1. The SMILES string of the molecule is CNCCCCC(NC(=O)CCOCCOCCOCCOCC(=O)C(CCCCNC1=C/C=C(C)\C(C)=C(C)/C=C\1)NC(=O)CCOCCOCCOCCOCCNC(=O)C(CCCCNC1=C/C=C(C)\C(C)=C/C=C\1)NC(=O)CCOCCOCCOCCOCCNC(=O)OCC1c2ccccc2-c2ccccc21)C(=O)NOCCOCCOCCOCCC(=O)NC(CCCCNC1CCC(C)C(C)CC1)C(=O)O. The van der Waals surface area contributed by atoms with Crippen LogP contribution in [-0.2, 0) is 119 Å². The zero-order valence-corrected chi connectivity index (χ0v) is 90.0. The molecular formula is C111H177N11O27. The fourth-order valence-corrected chi connectivity index (χ4v) is 16.2. The molecule has 0 saturated heterocycles. The van der Waals surface area contributed by atoms with Crippen LogP contribution in [-0.4, -0.2) is 346 Å². The maximum atomic E-state index is 13.6. The molecule has 12 N–H and O–H groups in total. The van der Waals surface area contributed by atoms with Gasteiger partial charge in [0.2, 0.25) is 29.5 Å². The van der Waals surface area contributed by atoms with E-state index in [4.69, 9.17) is 80.6 Å². The maximum absolute atomic E-state index is 13.6. The summed E-state index contributed by atoms with van der Waals surface area (Å²) in [6, 6.07) is 13.6. The van der Waals surface area contributed by atoms with Crippen molar-refractivity contribution in [3.8, 4) is 11.1 Å². The van der Waals surface area contributed by atoms with Crippen molar-refractivity contribution in [3.05, 3.63) is 154 Å². The van der Waals surface area contributed by atoms with Gasteiger partial charge in [0, 0.05) is 75.2 Å². The van der Waals surface area contributed by atoms with Crippen LogP contribution in [0.3, 0.4) is 0 Å². The Morgan fingerprint density at radius 3 is 1.21 bits per heavy atom. The van der Waals surface area contributed by atoms with E-state index in [1.54, 1.807) is 0 Å². The van der Waals surface area contributed by atoms with Crippen LogP contribution in [0.5, 0.6) is 0 Å². The minimum absolute atomic E-state index is 0.0135. The molecule has 0 spiro atoms. The second-order valence-corrected chi connectivity index (χ2v) is 37.3. The number of hydrogen-bond acceptors (Lipinski definition) is 30. The molecule has 38 heteroatoms. The number of allylic oxidation sites excluding steroid dienone is 14. The molecule has 38 nitrogen and oxygen atoms in total. The molecule has 0 aliphatic heterocycles. The third-order valence-electron chi connectivity index (χ3n) is 25.7. The molecule has 838 valence electrons. The summed E-state index contributed by atoms with van der Waals surface area (Å²) in [5.74, 6) is -2.03. The van der Waals surface area contributed by atoms with Crippen LogP contribution in [0, 0.1) is 11.8 Å². The molecule has 6 rings (SSSR count). The molecule has 1 saturated carbocycles. The van der Waals surface area contributed by atoms with Crippen molar-refractivity contribution in [2.75, 3.05) is 258 Å². The van der Waals surface area contributed by atoms with E-state index < -0.39 is 42.1 Å². The number of fused-ring (bicyclic) bond motifs is 3. The predicted octanol–water partition coefficient (Wildman–Crippen LogP) is 10.1. The minimum Gasteiger partial charge on any atom is -0.480 e. The van der Waals surface area contributed by atoms with Crippen LogP contribution in [0.4, 0.5) is 4.79 Å². The number of benzene rings is 2. The average Bonchev–Trinajstić information content (AvgIpc) is 1.61. The Labute approximate surface area is 883 Å². The number of ketones is 1. The summed E-state index contributed by atoms with van der Waals surface area (Å²) in [5, 5.41) is 40.3. The molecule has 7 amide bonds. The largest absolute Gasteiger partial charge is 0.480 e. The molecule has 2 aromatic rings. The van der Waals surface area contributed by atoms with E-state index in [9.17, 15) is 48.3 Å². The number of Topliss-reactive ketones (excluding diaryl/α,β-unsaturated/α-hetero) is 1. The van der Waals surface area contributed by atoms with E-state index in [-0.39, 0.29) is 225 Å². The highest BCUT2D eigenvalue weighted by Crippen LogP contribution is 2.44. The molecule has 2 aromatic carbocycles. The molecule has 4 aliphatic carbocycles. The number of aliphatic carboxylic acids is 1. The Morgan fingerprint density at radius 1 is 0.362 bits per heavy atom. The topological polar surface area (TPSA) is 463 Å². The summed E-state index contributed by atoms with van der Waals surface area (Å²) >= 11 is 0. The summed E-state index contributed by atoms with van der Waals surface area (Å²) in [5.41, 5.74) is 15.0. The van der Waals surface area contributed by atoms with Gasteiger partial charge >= 0.3 is 12.1 Å². The third kappa shape index (κ3) is 60.5. The van der Waals surface area contributed by atoms with E-state index in [2.05, 4.69) is 168 Å². The van der Waals surface area contributed by atoms with Crippen molar-refractivity contribution in [3.63, 3.8) is 0 Å². The zero-order valence-electron chi connectivity index (χ0n) is 90.0. The van der Waals surface area contributed by atoms with Gasteiger partial charge in [0.25, 0.3) is 5.91 Å². The van der Waals surface area contributed by atoms with Crippen molar-refractivity contribution in [1.29, 1.82) is 0 Å². The van der Waals surface area contributed by atoms with Gasteiger partial charge in [-0.1, -0.05) is 92.8 Å². The summed E-state index contributed by atoms with van der Waals surface area (Å²) in [4.78, 5) is 122. The fourth-order valence-electron chi connectivity index (χ4n) is 16.2. The highest BCUT2D eigenvalue weighted by atomic mass is 16.7. The van der Waals surface area contributed by atoms with Crippen LogP contribution < -0.4 is 58.6 Å². The molecule has 0 heterocycles. The quantitative estimate of drug-likeness (QED) is 0.0166. The Kier molecular flexibility index (Phi) is 71.4. The van der Waals surface area contributed by atoms with Gasteiger partial charge in [-0.15, -0.1) is 0 Å². The number of nitrogens with one attached hydrogen (secondary N) is 11. The Bertz CT molecular complexity index is 4320. The smallest absolute Gasteiger partial charge is 0.407 e. The number of ether oxygens (including phenoxy) is 16. The Morgan fingerprint density at radius 2 is 0.738 bits per heavy atom. The molecule has 6 unspecified atom stereocenters. The summed E-state index contributed by atoms with van der Waals surface area (Å²) < 4.78 is 90.2. The fraction of sp³-hybridized carbons (Fsp3) is 0.667. The number of hydroxylamine groups is 1. The van der Waals surface area contributed by atoms with Gasteiger partial charge in [0.05, 0.1) is 204 Å². The van der Waals surface area contributed by atoms with Gasteiger partial charge in [0.15, 0.2) is 5.78 Å². The summed E-state index contributed by atoms with van der Waals surface area (Å²) in [7, 11) is 1.84. The first-order valence-corrected chi connectivity index (χ1v) is 53.8. The zero-order chi connectivity index (χ0) is 107.